The van der Waals surface area contributed by atoms with Crippen molar-refractivity contribution in [1.29, 1.82) is 0 Å². The van der Waals surface area contributed by atoms with Crippen molar-refractivity contribution < 1.29 is 9.13 Å². The van der Waals surface area contributed by atoms with Gasteiger partial charge in [-0.25, -0.2) is 0 Å². The minimum absolute atomic E-state index is 0.0416. The molecule has 0 radical (unpaired) electrons. The third kappa shape index (κ3) is 3.93. The first kappa shape index (κ1) is 12.6. The van der Waals surface area contributed by atoms with Crippen LogP contribution in [0.2, 0.25) is 0 Å². The number of hydrogen-bond donors (Lipinski definition) is 1. The molecule has 88 valence electrons. The molecule has 7 heteroatoms. The van der Waals surface area contributed by atoms with Gasteiger partial charge in [0.1, 0.15) is 11.9 Å². The Hall–Kier alpha value is -1.50. The highest BCUT2D eigenvalue weighted by Crippen LogP contribution is 2.21. The monoisotopic (exact) mass is 243 g/mol. The number of nitrogens with one attached hydrogen (secondary N) is 1. The highest BCUT2D eigenvalue weighted by atomic mass is 32.2. The zero-order valence-corrected chi connectivity index (χ0v) is 9.70. The minimum Gasteiger partial charge on any atom is -0.379 e. The summed E-state index contributed by atoms with van der Waals surface area (Å²) >= 11 is 0. The Kier molecular flexibility index (Phi) is 4.84. The van der Waals surface area contributed by atoms with E-state index in [0.29, 0.717) is 24.4 Å². The molecule has 0 amide bonds. The highest BCUT2D eigenvalue weighted by Gasteiger charge is 2.12. The van der Waals surface area contributed by atoms with Gasteiger partial charge in [-0.1, -0.05) is 0 Å². The fraction of sp³-hybridized carbons (Fsp3) is 0.444. The topological polar surface area (TPSA) is 85.1 Å². The van der Waals surface area contributed by atoms with Crippen molar-refractivity contribution in [1.82, 2.24) is 4.98 Å². The number of pyridine rings is 1. The second-order valence-electron chi connectivity index (χ2n) is 3.21. The standard InChI is InChI=1S/C9H13N3O3S/c1-16(15)6-2-4-11-8-3-5-10-7-9(8)12(13)14/h3,5,7H,2,4,6H2,1H3,(H,10,11). The summed E-state index contributed by atoms with van der Waals surface area (Å²) in [5, 5.41) is 13.6. The van der Waals surface area contributed by atoms with Crippen molar-refractivity contribution in [2.75, 3.05) is 23.9 Å². The molecule has 0 aliphatic rings. The number of nitrogens with zero attached hydrogens (tertiary/aromatic N) is 2. The van der Waals surface area contributed by atoms with E-state index in [1.165, 1.54) is 12.4 Å². The van der Waals surface area contributed by atoms with Crippen molar-refractivity contribution in [3.63, 3.8) is 0 Å². The number of anilines is 1. The molecule has 1 atom stereocenters. The molecule has 0 spiro atoms. The largest absolute Gasteiger partial charge is 0.379 e. The average Bonchev–Trinajstić information content (AvgIpc) is 2.24. The van der Waals surface area contributed by atoms with E-state index in [2.05, 4.69) is 10.3 Å². The van der Waals surface area contributed by atoms with E-state index in [-0.39, 0.29) is 5.69 Å². The van der Waals surface area contributed by atoms with Crippen LogP contribution < -0.4 is 5.32 Å². The van der Waals surface area contributed by atoms with E-state index >= 15 is 0 Å². The van der Waals surface area contributed by atoms with Gasteiger partial charge in [-0.2, -0.15) is 0 Å². The zero-order chi connectivity index (χ0) is 12.0. The molecule has 0 bridgehead atoms. The van der Waals surface area contributed by atoms with E-state index in [9.17, 15) is 14.3 Å². The summed E-state index contributed by atoms with van der Waals surface area (Å²) in [6.45, 7) is 0.560. The van der Waals surface area contributed by atoms with Crippen molar-refractivity contribution in [2.45, 2.75) is 6.42 Å². The molecule has 0 aliphatic carbocycles. The molecule has 1 heterocycles. The van der Waals surface area contributed by atoms with Gasteiger partial charge in [-0.05, 0) is 12.5 Å². The van der Waals surface area contributed by atoms with Crippen LogP contribution in [-0.2, 0) is 10.8 Å². The van der Waals surface area contributed by atoms with Gasteiger partial charge in [0.25, 0.3) is 0 Å². The smallest absolute Gasteiger partial charge is 0.310 e. The first-order valence-electron chi connectivity index (χ1n) is 4.73. The van der Waals surface area contributed by atoms with E-state index in [1.807, 2.05) is 0 Å². The summed E-state index contributed by atoms with van der Waals surface area (Å²) in [5.74, 6) is 0.589. The SMILES string of the molecule is CS(=O)CCCNc1ccncc1[N+](=O)[O-]. The van der Waals surface area contributed by atoms with Crippen LogP contribution in [0.1, 0.15) is 6.42 Å². The first-order chi connectivity index (χ1) is 7.61. The highest BCUT2D eigenvalue weighted by molar-refractivity contribution is 7.84. The van der Waals surface area contributed by atoms with Crippen LogP contribution in [0, 0.1) is 10.1 Å². The molecule has 1 unspecified atom stereocenters. The van der Waals surface area contributed by atoms with Crippen LogP contribution in [0.15, 0.2) is 18.5 Å². The predicted octanol–water partition coefficient (Wildman–Crippen LogP) is 1.17. The van der Waals surface area contributed by atoms with Gasteiger partial charge in [0, 0.05) is 35.5 Å². The lowest BCUT2D eigenvalue weighted by molar-refractivity contribution is -0.384. The molecule has 16 heavy (non-hydrogen) atoms. The zero-order valence-electron chi connectivity index (χ0n) is 8.88. The maximum atomic E-state index is 10.8. The Morgan fingerprint density at radius 2 is 2.38 bits per heavy atom. The maximum Gasteiger partial charge on any atom is 0.310 e. The molecular formula is C9H13N3O3S. The molecule has 0 aliphatic heterocycles. The van der Waals surface area contributed by atoms with Gasteiger partial charge in [0.05, 0.1) is 4.92 Å². The van der Waals surface area contributed by atoms with Gasteiger partial charge >= 0.3 is 5.69 Å². The summed E-state index contributed by atoms with van der Waals surface area (Å²) in [4.78, 5) is 13.9. The molecule has 6 nitrogen and oxygen atoms in total. The molecule has 0 aromatic carbocycles. The summed E-state index contributed by atoms with van der Waals surface area (Å²) in [6.07, 6.45) is 5.05. The fourth-order valence-corrected chi connectivity index (χ4v) is 1.73. The lowest BCUT2D eigenvalue weighted by atomic mass is 10.3. The summed E-state index contributed by atoms with van der Waals surface area (Å²) in [7, 11) is -0.824. The number of hydrogen-bond acceptors (Lipinski definition) is 5. The fourth-order valence-electron chi connectivity index (χ4n) is 1.18. The Bertz CT molecular complexity index is 397. The van der Waals surface area contributed by atoms with Crippen LogP contribution in [0.3, 0.4) is 0 Å². The number of rotatable bonds is 6. The Labute approximate surface area is 95.7 Å². The van der Waals surface area contributed by atoms with Crippen LogP contribution in [0.5, 0.6) is 0 Å². The normalized spacial score (nSPS) is 12.1. The Morgan fingerprint density at radius 3 is 3.00 bits per heavy atom. The molecule has 0 fully saturated rings. The lowest BCUT2D eigenvalue weighted by Gasteiger charge is -2.05. The van der Waals surface area contributed by atoms with E-state index in [1.54, 1.807) is 12.3 Å². The Morgan fingerprint density at radius 1 is 1.62 bits per heavy atom. The Balaban J connectivity index is 2.53. The van der Waals surface area contributed by atoms with Crippen LogP contribution in [-0.4, -0.2) is 32.7 Å². The van der Waals surface area contributed by atoms with Crippen LogP contribution in [0.25, 0.3) is 0 Å². The lowest BCUT2D eigenvalue weighted by Crippen LogP contribution is -2.07. The quantitative estimate of drug-likeness (QED) is 0.460. The van der Waals surface area contributed by atoms with Crippen molar-refractivity contribution in [2.24, 2.45) is 0 Å². The van der Waals surface area contributed by atoms with Gasteiger partial charge in [0.15, 0.2) is 0 Å². The van der Waals surface area contributed by atoms with Crippen LogP contribution >= 0.6 is 0 Å². The third-order valence-electron chi connectivity index (χ3n) is 1.92. The molecule has 1 rings (SSSR count). The van der Waals surface area contributed by atoms with Gasteiger partial charge < -0.3 is 5.32 Å². The number of aromatic nitrogens is 1. The van der Waals surface area contributed by atoms with E-state index in [4.69, 9.17) is 0 Å². The average molecular weight is 243 g/mol. The number of nitro groups is 1. The predicted molar refractivity (Wildman–Crippen MR) is 62.9 cm³/mol. The second kappa shape index (κ2) is 6.16. The summed E-state index contributed by atoms with van der Waals surface area (Å²) < 4.78 is 10.8. The molecule has 1 N–H and O–H groups in total. The van der Waals surface area contributed by atoms with Gasteiger partial charge in [0.2, 0.25) is 0 Å². The van der Waals surface area contributed by atoms with Crippen LogP contribution in [0.4, 0.5) is 11.4 Å². The van der Waals surface area contributed by atoms with Gasteiger partial charge in [-0.3, -0.25) is 19.3 Å². The summed E-state index contributed by atoms with van der Waals surface area (Å²) in [6, 6.07) is 1.56. The molecule has 1 aromatic rings. The molecular weight excluding hydrogens is 230 g/mol. The molecule has 0 saturated carbocycles. The van der Waals surface area contributed by atoms with Gasteiger partial charge in [-0.15, -0.1) is 0 Å². The van der Waals surface area contributed by atoms with E-state index in [0.717, 1.165) is 0 Å². The maximum absolute atomic E-state index is 10.8. The summed E-state index contributed by atoms with van der Waals surface area (Å²) in [5.41, 5.74) is 0.405. The minimum atomic E-state index is -0.824. The second-order valence-corrected chi connectivity index (χ2v) is 4.76. The first-order valence-corrected chi connectivity index (χ1v) is 6.46. The van der Waals surface area contributed by atoms with Crippen molar-refractivity contribution in [3.8, 4) is 0 Å². The van der Waals surface area contributed by atoms with E-state index < -0.39 is 15.7 Å². The van der Waals surface area contributed by atoms with Crippen molar-refractivity contribution >= 4 is 22.2 Å². The van der Waals surface area contributed by atoms with Crippen molar-refractivity contribution in [3.05, 3.63) is 28.6 Å². The molecule has 1 aromatic heterocycles. The molecule has 0 saturated heterocycles. The third-order valence-corrected chi connectivity index (χ3v) is 2.78.